The highest BCUT2D eigenvalue weighted by Crippen LogP contribution is 2.58. The largest absolute Gasteiger partial charge is 0.352 e. The summed E-state index contributed by atoms with van der Waals surface area (Å²) in [5.41, 5.74) is 2.51. The predicted octanol–water partition coefficient (Wildman–Crippen LogP) is 5.60. The zero-order valence-electron chi connectivity index (χ0n) is 19.7. The van der Waals surface area contributed by atoms with E-state index in [0.29, 0.717) is 16.1 Å². The van der Waals surface area contributed by atoms with Gasteiger partial charge in [0.05, 0.1) is 16.8 Å². The summed E-state index contributed by atoms with van der Waals surface area (Å²) in [6.07, 6.45) is 4.01. The van der Waals surface area contributed by atoms with Gasteiger partial charge in [-0.05, 0) is 34.7 Å². The van der Waals surface area contributed by atoms with Gasteiger partial charge in [-0.15, -0.1) is 11.3 Å². The van der Waals surface area contributed by atoms with Crippen LogP contribution in [0, 0.1) is 5.92 Å². The van der Waals surface area contributed by atoms with E-state index in [-0.39, 0.29) is 17.5 Å². The van der Waals surface area contributed by atoms with Crippen molar-refractivity contribution in [2.75, 3.05) is 10.2 Å². The van der Waals surface area contributed by atoms with Crippen LogP contribution in [0.2, 0.25) is 0 Å². The van der Waals surface area contributed by atoms with Crippen molar-refractivity contribution in [2.45, 2.75) is 17.5 Å². The van der Waals surface area contributed by atoms with E-state index >= 15 is 0 Å². The van der Waals surface area contributed by atoms with Crippen LogP contribution in [0.4, 0.5) is 11.4 Å². The lowest BCUT2D eigenvalue weighted by atomic mass is 9.64. The van der Waals surface area contributed by atoms with Gasteiger partial charge in [-0.25, -0.2) is 0 Å². The Morgan fingerprint density at radius 3 is 2.41 bits per heavy atom. The van der Waals surface area contributed by atoms with Crippen LogP contribution in [-0.4, -0.2) is 29.6 Å². The Balaban J connectivity index is 1.55. The molecule has 0 saturated carbocycles. The third-order valence-corrected chi connectivity index (χ3v) is 8.80. The number of benzene rings is 3. The third kappa shape index (κ3) is 2.93. The summed E-state index contributed by atoms with van der Waals surface area (Å²) in [6, 6.07) is 26.7. The molecule has 0 aliphatic carbocycles. The van der Waals surface area contributed by atoms with Gasteiger partial charge in [0, 0.05) is 16.9 Å². The zero-order chi connectivity index (χ0) is 25.1. The molecule has 1 aromatic heterocycles. The van der Waals surface area contributed by atoms with Crippen molar-refractivity contribution in [3.63, 3.8) is 0 Å². The van der Waals surface area contributed by atoms with Gasteiger partial charge in [-0.1, -0.05) is 84.9 Å². The maximum atomic E-state index is 14.5. The second-order valence-corrected chi connectivity index (χ2v) is 10.6. The van der Waals surface area contributed by atoms with Gasteiger partial charge < -0.3 is 10.2 Å². The van der Waals surface area contributed by atoms with Gasteiger partial charge in [0.1, 0.15) is 11.5 Å². The first-order valence-electron chi connectivity index (χ1n) is 12.3. The van der Waals surface area contributed by atoms with Crippen LogP contribution < -0.4 is 10.2 Å². The fraction of sp³-hybridized carbons (Fsp3) is 0.129. The van der Waals surface area contributed by atoms with Crippen molar-refractivity contribution >= 4 is 46.3 Å². The standard InChI is InChI=1S/C31H22N2O3S/c34-28(20-10-2-1-3-11-20)27-26(29(35)24-15-8-18-37-24)31(21-12-5-6-13-22(21)32-30(31)36)25-17-16-19-9-4-7-14-23(19)33(25)27/h1-18,25-27H,(H,32,36)/t25-,26-,27-,31+/m1/s1. The Labute approximate surface area is 218 Å². The molecule has 1 amide bonds. The molecule has 180 valence electrons. The number of fused-ring (bicyclic) bond motifs is 6. The molecule has 3 aliphatic heterocycles. The molecule has 5 nitrogen and oxygen atoms in total. The number of para-hydroxylation sites is 2. The molecular weight excluding hydrogens is 480 g/mol. The van der Waals surface area contributed by atoms with Crippen LogP contribution in [0.25, 0.3) is 6.08 Å². The molecule has 3 aromatic carbocycles. The first-order valence-corrected chi connectivity index (χ1v) is 13.1. The number of thiophene rings is 1. The topological polar surface area (TPSA) is 66.5 Å². The van der Waals surface area contributed by atoms with E-state index in [4.69, 9.17) is 0 Å². The number of nitrogens with one attached hydrogen (secondary N) is 1. The second-order valence-electron chi connectivity index (χ2n) is 9.63. The zero-order valence-corrected chi connectivity index (χ0v) is 20.5. The van der Waals surface area contributed by atoms with E-state index in [0.717, 1.165) is 16.8 Å². The molecule has 4 atom stereocenters. The van der Waals surface area contributed by atoms with Gasteiger partial charge in [-0.3, -0.25) is 14.4 Å². The van der Waals surface area contributed by atoms with Crippen LogP contribution >= 0.6 is 11.3 Å². The minimum atomic E-state index is -1.27. The number of amides is 1. The first kappa shape index (κ1) is 21.9. The number of carbonyl (C=O) groups is 3. The van der Waals surface area contributed by atoms with Crippen LogP contribution in [0.15, 0.2) is 102 Å². The number of carbonyl (C=O) groups excluding carboxylic acids is 3. The number of anilines is 2. The van der Waals surface area contributed by atoms with Crippen molar-refractivity contribution < 1.29 is 14.4 Å². The van der Waals surface area contributed by atoms with E-state index in [9.17, 15) is 14.4 Å². The van der Waals surface area contributed by atoms with E-state index in [1.165, 1.54) is 11.3 Å². The van der Waals surface area contributed by atoms with E-state index < -0.39 is 23.4 Å². The Morgan fingerprint density at radius 2 is 1.59 bits per heavy atom. The first-order chi connectivity index (χ1) is 18.1. The van der Waals surface area contributed by atoms with Crippen molar-refractivity contribution in [1.82, 2.24) is 0 Å². The monoisotopic (exact) mass is 502 g/mol. The summed E-state index contributed by atoms with van der Waals surface area (Å²) in [5.74, 6) is -1.52. The molecule has 0 bridgehead atoms. The second kappa shape index (κ2) is 8.11. The number of hydrogen-bond acceptors (Lipinski definition) is 5. The molecule has 37 heavy (non-hydrogen) atoms. The molecule has 0 unspecified atom stereocenters. The fourth-order valence-corrected chi connectivity index (χ4v) is 7.17. The SMILES string of the molecule is O=C(c1ccccc1)[C@H]1[C@H](C(=O)c2cccs2)[C@@]2(C(=O)Nc3ccccc32)[C@H]2C=Cc3ccccc3N12. The lowest BCUT2D eigenvalue weighted by molar-refractivity contribution is -0.121. The summed E-state index contributed by atoms with van der Waals surface area (Å²) in [7, 11) is 0. The average Bonchev–Trinajstić information content (AvgIpc) is 3.65. The molecule has 4 aromatic rings. The minimum absolute atomic E-state index is 0.167. The number of nitrogens with zero attached hydrogens (tertiary/aromatic N) is 1. The summed E-state index contributed by atoms with van der Waals surface area (Å²) < 4.78 is 0. The molecule has 4 heterocycles. The van der Waals surface area contributed by atoms with E-state index in [1.54, 1.807) is 18.2 Å². The smallest absolute Gasteiger partial charge is 0.238 e. The quantitative estimate of drug-likeness (QED) is 0.369. The predicted molar refractivity (Wildman–Crippen MR) is 145 cm³/mol. The molecule has 1 N–H and O–H groups in total. The Morgan fingerprint density at radius 1 is 0.838 bits per heavy atom. The summed E-state index contributed by atoms with van der Waals surface area (Å²) >= 11 is 1.34. The van der Waals surface area contributed by atoms with Gasteiger partial charge in [0.15, 0.2) is 11.6 Å². The number of ketones is 2. The molecule has 3 aliphatic rings. The number of rotatable bonds is 4. The van der Waals surface area contributed by atoms with Crippen molar-refractivity contribution in [3.8, 4) is 0 Å². The van der Waals surface area contributed by atoms with Crippen LogP contribution in [0.1, 0.15) is 31.2 Å². The highest BCUT2D eigenvalue weighted by atomic mass is 32.1. The Hall–Kier alpha value is -4.29. The molecular formula is C31H22N2O3S. The van der Waals surface area contributed by atoms with Crippen molar-refractivity contribution in [2.24, 2.45) is 5.92 Å². The molecule has 1 fully saturated rings. The van der Waals surface area contributed by atoms with Gasteiger partial charge in [0.25, 0.3) is 0 Å². The van der Waals surface area contributed by atoms with Crippen molar-refractivity contribution in [1.29, 1.82) is 0 Å². The normalized spacial score (nSPS) is 24.9. The molecule has 7 rings (SSSR count). The highest BCUT2D eigenvalue weighted by molar-refractivity contribution is 7.12. The molecule has 1 spiro atoms. The van der Waals surface area contributed by atoms with Crippen molar-refractivity contribution in [3.05, 3.63) is 124 Å². The lowest BCUT2D eigenvalue weighted by Crippen LogP contribution is -2.51. The number of hydrogen-bond donors (Lipinski definition) is 1. The molecule has 0 radical (unpaired) electrons. The Bertz CT molecular complexity index is 1590. The lowest BCUT2D eigenvalue weighted by Gasteiger charge is -2.37. The van der Waals surface area contributed by atoms with E-state index in [1.807, 2.05) is 95.2 Å². The Kier molecular flexibility index (Phi) is 4.81. The van der Waals surface area contributed by atoms with E-state index in [2.05, 4.69) is 5.32 Å². The third-order valence-electron chi connectivity index (χ3n) is 7.92. The van der Waals surface area contributed by atoms with Crippen LogP contribution in [0.5, 0.6) is 0 Å². The molecule has 1 saturated heterocycles. The number of Topliss-reactive ketones (excluding diaryl/α,β-unsaturated/α-hetero) is 2. The fourth-order valence-electron chi connectivity index (χ4n) is 6.46. The van der Waals surface area contributed by atoms with Gasteiger partial charge in [-0.2, -0.15) is 0 Å². The maximum absolute atomic E-state index is 14.5. The van der Waals surface area contributed by atoms with Crippen LogP contribution in [-0.2, 0) is 10.2 Å². The summed E-state index contributed by atoms with van der Waals surface area (Å²) in [5, 5.41) is 4.91. The minimum Gasteiger partial charge on any atom is -0.352 e. The van der Waals surface area contributed by atoms with Gasteiger partial charge in [0.2, 0.25) is 5.91 Å². The highest BCUT2D eigenvalue weighted by Gasteiger charge is 2.70. The van der Waals surface area contributed by atoms with Gasteiger partial charge >= 0.3 is 0 Å². The van der Waals surface area contributed by atoms with Crippen LogP contribution in [0.3, 0.4) is 0 Å². The maximum Gasteiger partial charge on any atom is 0.238 e. The molecule has 6 heteroatoms. The summed E-state index contributed by atoms with van der Waals surface area (Å²) in [6.45, 7) is 0. The summed E-state index contributed by atoms with van der Waals surface area (Å²) in [4.78, 5) is 45.6. The average molecular weight is 503 g/mol.